The molecule has 0 aliphatic carbocycles. The monoisotopic (exact) mass is 285 g/mol. The number of piperidine rings is 1. The van der Waals surface area contributed by atoms with Crippen LogP contribution in [0.1, 0.15) is 37.2 Å². The van der Waals surface area contributed by atoms with E-state index in [-0.39, 0.29) is 0 Å². The summed E-state index contributed by atoms with van der Waals surface area (Å²) in [5, 5.41) is 4.34. The third-order valence-corrected chi connectivity index (χ3v) is 4.14. The van der Waals surface area contributed by atoms with Gasteiger partial charge < -0.3 is 4.90 Å². The Morgan fingerprint density at radius 3 is 2.95 bits per heavy atom. The first-order valence-electron chi connectivity index (χ1n) is 7.73. The maximum absolute atomic E-state index is 4.84. The van der Waals surface area contributed by atoms with Gasteiger partial charge in [0.1, 0.15) is 5.82 Å². The molecule has 1 aliphatic heterocycles. The van der Waals surface area contributed by atoms with Gasteiger partial charge in [-0.1, -0.05) is 0 Å². The van der Waals surface area contributed by atoms with Gasteiger partial charge in [-0.15, -0.1) is 0 Å². The first-order chi connectivity index (χ1) is 10.2. The van der Waals surface area contributed by atoms with E-state index in [0.29, 0.717) is 5.92 Å². The van der Waals surface area contributed by atoms with Gasteiger partial charge in [0.25, 0.3) is 0 Å². The van der Waals surface area contributed by atoms with Crippen molar-refractivity contribution in [2.75, 3.05) is 20.1 Å². The van der Waals surface area contributed by atoms with E-state index in [2.05, 4.69) is 35.0 Å². The second-order valence-electron chi connectivity index (χ2n) is 5.89. The normalized spacial score (nSPS) is 19.9. The van der Waals surface area contributed by atoms with E-state index in [9.17, 15) is 0 Å². The van der Waals surface area contributed by atoms with Gasteiger partial charge in [0, 0.05) is 30.9 Å². The van der Waals surface area contributed by atoms with Crippen molar-refractivity contribution in [2.45, 2.75) is 39.2 Å². The molecule has 3 heterocycles. The van der Waals surface area contributed by atoms with Crippen LogP contribution in [0, 0.1) is 6.92 Å². The molecule has 112 valence electrons. The molecule has 2 aromatic rings. The Hall–Kier alpha value is -1.75. The standard InChI is InChI=1S/C16H23N5/c1-4-21-15(7-8-17-21)14-10-12(2)18-16(19-14)13-6-5-9-20(3)11-13/h7-8,10,13H,4-6,9,11H2,1-3H3. The van der Waals surface area contributed by atoms with Gasteiger partial charge in [-0.05, 0) is 52.4 Å². The number of hydrogen-bond acceptors (Lipinski definition) is 4. The highest BCUT2D eigenvalue weighted by Crippen LogP contribution is 2.26. The van der Waals surface area contributed by atoms with Gasteiger partial charge >= 0.3 is 0 Å². The molecule has 1 fully saturated rings. The molecule has 1 atom stereocenters. The van der Waals surface area contributed by atoms with Gasteiger partial charge in [-0.25, -0.2) is 9.97 Å². The van der Waals surface area contributed by atoms with Crippen LogP contribution >= 0.6 is 0 Å². The fraction of sp³-hybridized carbons (Fsp3) is 0.562. The highest BCUT2D eigenvalue weighted by molar-refractivity contribution is 5.54. The summed E-state index contributed by atoms with van der Waals surface area (Å²) in [6.07, 6.45) is 4.24. The first-order valence-corrected chi connectivity index (χ1v) is 7.73. The maximum atomic E-state index is 4.84. The van der Waals surface area contributed by atoms with Crippen molar-refractivity contribution < 1.29 is 0 Å². The van der Waals surface area contributed by atoms with Crippen LogP contribution in [0.25, 0.3) is 11.4 Å². The van der Waals surface area contributed by atoms with Crippen LogP contribution in [0.4, 0.5) is 0 Å². The minimum atomic E-state index is 0.445. The third-order valence-electron chi connectivity index (χ3n) is 4.14. The highest BCUT2D eigenvalue weighted by Gasteiger charge is 2.22. The third kappa shape index (κ3) is 2.97. The molecule has 21 heavy (non-hydrogen) atoms. The molecular formula is C16H23N5. The van der Waals surface area contributed by atoms with Crippen molar-refractivity contribution in [3.63, 3.8) is 0 Å². The lowest BCUT2D eigenvalue weighted by molar-refractivity contribution is 0.246. The van der Waals surface area contributed by atoms with E-state index < -0.39 is 0 Å². The van der Waals surface area contributed by atoms with Crippen LogP contribution in [0.2, 0.25) is 0 Å². The second kappa shape index (κ2) is 5.93. The van der Waals surface area contributed by atoms with Crippen molar-refractivity contribution in [1.29, 1.82) is 0 Å². The Morgan fingerprint density at radius 1 is 1.33 bits per heavy atom. The molecule has 0 N–H and O–H groups in total. The SMILES string of the molecule is CCn1nccc1-c1cc(C)nc(C2CCCN(C)C2)n1. The zero-order chi connectivity index (χ0) is 14.8. The number of likely N-dealkylation sites (tertiary alicyclic amines) is 1. The summed E-state index contributed by atoms with van der Waals surface area (Å²) in [6, 6.07) is 4.08. The van der Waals surface area contributed by atoms with Gasteiger partial charge in [-0.3, -0.25) is 4.68 Å². The molecule has 0 radical (unpaired) electrons. The van der Waals surface area contributed by atoms with Crippen LogP contribution < -0.4 is 0 Å². The first kappa shape index (κ1) is 14.2. The Kier molecular flexibility index (Phi) is 4.01. The molecule has 5 nitrogen and oxygen atoms in total. The lowest BCUT2D eigenvalue weighted by Gasteiger charge is -2.28. The summed E-state index contributed by atoms with van der Waals surface area (Å²) < 4.78 is 1.98. The molecule has 0 aromatic carbocycles. The smallest absolute Gasteiger partial charge is 0.133 e. The van der Waals surface area contributed by atoms with Gasteiger partial charge in [0.2, 0.25) is 0 Å². The largest absolute Gasteiger partial charge is 0.306 e. The van der Waals surface area contributed by atoms with Crippen LogP contribution in [-0.2, 0) is 6.54 Å². The molecule has 1 aliphatic rings. The number of aromatic nitrogens is 4. The van der Waals surface area contributed by atoms with Gasteiger partial charge in [0.05, 0.1) is 11.4 Å². The predicted octanol–water partition coefficient (Wildman–Crippen LogP) is 2.48. The summed E-state index contributed by atoms with van der Waals surface area (Å²) in [7, 11) is 2.18. The van der Waals surface area contributed by atoms with Crippen LogP contribution in [0.15, 0.2) is 18.3 Å². The molecule has 0 amide bonds. The van der Waals surface area contributed by atoms with E-state index in [1.54, 1.807) is 0 Å². The van der Waals surface area contributed by atoms with E-state index in [0.717, 1.165) is 36.0 Å². The maximum Gasteiger partial charge on any atom is 0.133 e. The predicted molar refractivity (Wildman–Crippen MR) is 83.1 cm³/mol. The molecule has 5 heteroatoms. The molecule has 1 unspecified atom stereocenters. The molecule has 0 spiro atoms. The second-order valence-corrected chi connectivity index (χ2v) is 5.89. The number of likely N-dealkylation sites (N-methyl/N-ethyl adjacent to an activating group) is 1. The zero-order valence-corrected chi connectivity index (χ0v) is 13.1. The lowest BCUT2D eigenvalue weighted by atomic mass is 9.97. The van der Waals surface area contributed by atoms with E-state index >= 15 is 0 Å². The molecule has 3 rings (SSSR count). The summed E-state index contributed by atoms with van der Waals surface area (Å²) in [6.45, 7) is 7.23. The summed E-state index contributed by atoms with van der Waals surface area (Å²) in [5.74, 6) is 1.43. The number of nitrogens with zero attached hydrogens (tertiary/aromatic N) is 5. The van der Waals surface area contributed by atoms with E-state index in [1.165, 1.54) is 19.4 Å². The van der Waals surface area contributed by atoms with E-state index in [4.69, 9.17) is 4.98 Å². The van der Waals surface area contributed by atoms with Crippen molar-refractivity contribution in [2.24, 2.45) is 0 Å². The van der Waals surface area contributed by atoms with Crippen molar-refractivity contribution in [3.8, 4) is 11.4 Å². The van der Waals surface area contributed by atoms with Crippen molar-refractivity contribution >= 4 is 0 Å². The van der Waals surface area contributed by atoms with Gasteiger partial charge in [-0.2, -0.15) is 5.10 Å². The average Bonchev–Trinajstić information content (AvgIpc) is 2.95. The van der Waals surface area contributed by atoms with Crippen LogP contribution in [-0.4, -0.2) is 44.8 Å². The minimum absolute atomic E-state index is 0.445. The Morgan fingerprint density at radius 2 is 2.19 bits per heavy atom. The lowest BCUT2D eigenvalue weighted by Crippen LogP contribution is -2.31. The van der Waals surface area contributed by atoms with Crippen LogP contribution in [0.5, 0.6) is 0 Å². The number of aryl methyl sites for hydroxylation is 2. The van der Waals surface area contributed by atoms with Crippen molar-refractivity contribution in [1.82, 2.24) is 24.6 Å². The summed E-state index contributed by atoms with van der Waals surface area (Å²) in [4.78, 5) is 11.9. The number of hydrogen-bond donors (Lipinski definition) is 0. The topological polar surface area (TPSA) is 46.8 Å². The summed E-state index contributed by atoms with van der Waals surface area (Å²) >= 11 is 0. The molecule has 1 saturated heterocycles. The molecule has 2 aromatic heterocycles. The fourth-order valence-electron chi connectivity index (χ4n) is 3.08. The van der Waals surface area contributed by atoms with Crippen LogP contribution in [0.3, 0.4) is 0 Å². The van der Waals surface area contributed by atoms with E-state index in [1.807, 2.05) is 23.9 Å². The average molecular weight is 285 g/mol. The molecule has 0 saturated carbocycles. The highest BCUT2D eigenvalue weighted by atomic mass is 15.3. The molecule has 0 bridgehead atoms. The minimum Gasteiger partial charge on any atom is -0.306 e. The number of rotatable bonds is 3. The zero-order valence-electron chi connectivity index (χ0n) is 13.1. The Bertz CT molecular complexity index is 619. The fourth-order valence-corrected chi connectivity index (χ4v) is 3.08. The Balaban J connectivity index is 1.96. The quantitative estimate of drug-likeness (QED) is 0.869. The van der Waals surface area contributed by atoms with Gasteiger partial charge in [0.15, 0.2) is 0 Å². The summed E-state index contributed by atoms with van der Waals surface area (Å²) in [5.41, 5.74) is 3.10. The Labute approximate surface area is 126 Å². The molecular weight excluding hydrogens is 262 g/mol. The van der Waals surface area contributed by atoms with Crippen molar-refractivity contribution in [3.05, 3.63) is 29.8 Å².